The van der Waals surface area contributed by atoms with Gasteiger partial charge in [0.25, 0.3) is 11.4 Å². The maximum Gasteiger partial charge on any atom is 0.340 e. The summed E-state index contributed by atoms with van der Waals surface area (Å²) in [6.07, 6.45) is 1.46. The van der Waals surface area contributed by atoms with Crippen LogP contribution in [0.2, 0.25) is 10.0 Å². The number of carbonyl (C=O) groups excluding carboxylic acids is 1. The zero-order chi connectivity index (χ0) is 22.0. The summed E-state index contributed by atoms with van der Waals surface area (Å²) in [4.78, 5) is 41.2. The number of piperazine rings is 1. The first-order valence-electron chi connectivity index (χ1n) is 8.59. The summed E-state index contributed by atoms with van der Waals surface area (Å²) in [7, 11) is 1.10. The fourth-order valence-electron chi connectivity index (χ4n) is 3.23. The van der Waals surface area contributed by atoms with Crippen LogP contribution in [0.25, 0.3) is 0 Å². The van der Waals surface area contributed by atoms with Gasteiger partial charge >= 0.3 is 5.97 Å². The Morgan fingerprint density at radius 3 is 2.23 bits per heavy atom. The molecular formula is C17H15Cl2N5O6. The van der Waals surface area contributed by atoms with Crippen LogP contribution in [0.15, 0.2) is 24.4 Å². The van der Waals surface area contributed by atoms with E-state index in [2.05, 4.69) is 4.98 Å². The Bertz CT molecular complexity index is 1030. The van der Waals surface area contributed by atoms with E-state index in [1.54, 1.807) is 11.0 Å². The summed E-state index contributed by atoms with van der Waals surface area (Å²) in [5.74, 6) is -0.381. The number of benzene rings is 1. The molecule has 1 aliphatic heterocycles. The van der Waals surface area contributed by atoms with Crippen molar-refractivity contribution in [3.05, 3.63) is 60.2 Å². The van der Waals surface area contributed by atoms with Crippen molar-refractivity contribution in [1.29, 1.82) is 0 Å². The van der Waals surface area contributed by atoms with E-state index < -0.39 is 27.2 Å². The Kier molecular flexibility index (Phi) is 6.22. The second-order valence-electron chi connectivity index (χ2n) is 6.30. The number of nitro groups is 2. The molecule has 1 fully saturated rings. The summed E-state index contributed by atoms with van der Waals surface area (Å²) in [5.41, 5.74) is -1.37. The monoisotopic (exact) mass is 455 g/mol. The number of nitrogens with zero attached hydrogens (tertiary/aromatic N) is 5. The number of anilines is 2. The number of pyridine rings is 1. The second kappa shape index (κ2) is 8.67. The minimum atomic E-state index is -0.901. The number of ether oxygens (including phenoxy) is 1. The number of rotatable bonds is 5. The maximum absolute atomic E-state index is 12.2. The van der Waals surface area contributed by atoms with Crippen LogP contribution in [0.5, 0.6) is 0 Å². The molecule has 0 atom stereocenters. The highest BCUT2D eigenvalue weighted by atomic mass is 35.5. The zero-order valence-corrected chi connectivity index (χ0v) is 17.1. The minimum Gasteiger partial charge on any atom is -0.465 e. The van der Waals surface area contributed by atoms with E-state index in [1.165, 1.54) is 6.20 Å². The average molecular weight is 456 g/mol. The third-order valence-corrected chi connectivity index (χ3v) is 5.06. The number of hydrogen-bond acceptors (Lipinski definition) is 9. The van der Waals surface area contributed by atoms with Crippen molar-refractivity contribution in [2.75, 3.05) is 43.1 Å². The van der Waals surface area contributed by atoms with Gasteiger partial charge in [-0.2, -0.15) is 0 Å². The first-order valence-corrected chi connectivity index (χ1v) is 9.34. The number of nitro benzene ring substituents is 2. The lowest BCUT2D eigenvalue weighted by atomic mass is 10.1. The highest BCUT2D eigenvalue weighted by Gasteiger charge is 2.33. The topological polar surface area (TPSA) is 132 Å². The standard InChI is InChI=1S/C17H15Cl2N5O6/c1-30-17(25)12-7-11(23(26)27)8-14(24(28)29)15(12)21-2-4-22(5-3-21)16-13(19)6-10(18)9-20-16/h6-9H,2-5H2,1H3. The highest BCUT2D eigenvalue weighted by Crippen LogP contribution is 2.38. The Balaban J connectivity index is 1.96. The molecule has 1 aliphatic rings. The molecule has 0 spiro atoms. The molecule has 0 bridgehead atoms. The number of methoxy groups -OCH3 is 1. The van der Waals surface area contributed by atoms with Gasteiger partial charge in [-0.25, -0.2) is 9.78 Å². The number of aromatic nitrogens is 1. The quantitative estimate of drug-likeness (QED) is 0.378. The SMILES string of the molecule is COC(=O)c1cc([N+](=O)[O-])cc([N+](=O)[O-])c1N1CCN(c2ncc(Cl)cc2Cl)CC1. The Morgan fingerprint density at radius 1 is 1.07 bits per heavy atom. The van der Waals surface area contributed by atoms with Crippen molar-refractivity contribution in [3.8, 4) is 0 Å². The van der Waals surface area contributed by atoms with E-state index in [0.29, 0.717) is 29.0 Å². The van der Waals surface area contributed by atoms with Gasteiger partial charge in [0.1, 0.15) is 11.5 Å². The minimum absolute atomic E-state index is 0.0211. The van der Waals surface area contributed by atoms with Crippen LogP contribution in [0, 0.1) is 20.2 Å². The third kappa shape index (κ3) is 4.21. The molecule has 3 rings (SSSR count). The van der Waals surface area contributed by atoms with Gasteiger partial charge in [-0.3, -0.25) is 20.2 Å². The molecule has 158 valence electrons. The number of halogens is 2. The van der Waals surface area contributed by atoms with Crippen LogP contribution < -0.4 is 9.80 Å². The van der Waals surface area contributed by atoms with Crippen molar-refractivity contribution in [1.82, 2.24) is 4.98 Å². The summed E-state index contributed by atoms with van der Waals surface area (Å²) in [6, 6.07) is 3.39. The number of carbonyl (C=O) groups is 1. The molecule has 0 unspecified atom stereocenters. The largest absolute Gasteiger partial charge is 0.465 e. The number of esters is 1. The lowest BCUT2D eigenvalue weighted by Gasteiger charge is -2.37. The van der Waals surface area contributed by atoms with Crippen molar-refractivity contribution in [3.63, 3.8) is 0 Å². The predicted molar refractivity (Wildman–Crippen MR) is 110 cm³/mol. The molecule has 1 aromatic heterocycles. The van der Waals surface area contributed by atoms with Gasteiger partial charge in [-0.1, -0.05) is 23.2 Å². The summed E-state index contributed by atoms with van der Waals surface area (Å²) < 4.78 is 4.69. The van der Waals surface area contributed by atoms with E-state index in [1.807, 2.05) is 4.90 Å². The first kappa shape index (κ1) is 21.5. The Hall–Kier alpha value is -3.18. The molecule has 1 aromatic carbocycles. The van der Waals surface area contributed by atoms with Gasteiger partial charge in [0.2, 0.25) is 0 Å². The van der Waals surface area contributed by atoms with E-state index in [9.17, 15) is 25.0 Å². The molecule has 0 N–H and O–H groups in total. The van der Waals surface area contributed by atoms with Crippen LogP contribution in [-0.2, 0) is 4.74 Å². The van der Waals surface area contributed by atoms with Crippen LogP contribution in [0.4, 0.5) is 22.9 Å². The van der Waals surface area contributed by atoms with E-state index in [4.69, 9.17) is 27.9 Å². The molecule has 13 heteroatoms. The third-order valence-electron chi connectivity index (χ3n) is 4.57. The summed E-state index contributed by atoms with van der Waals surface area (Å²) >= 11 is 12.1. The molecule has 0 aliphatic carbocycles. The summed E-state index contributed by atoms with van der Waals surface area (Å²) in [5, 5.41) is 23.5. The fraction of sp³-hybridized carbons (Fsp3) is 0.294. The van der Waals surface area contributed by atoms with Crippen molar-refractivity contribution < 1.29 is 19.4 Å². The maximum atomic E-state index is 12.2. The van der Waals surface area contributed by atoms with Crippen molar-refractivity contribution in [2.24, 2.45) is 0 Å². The second-order valence-corrected chi connectivity index (χ2v) is 7.14. The van der Waals surface area contributed by atoms with Crippen LogP contribution in [0.1, 0.15) is 10.4 Å². The molecule has 0 amide bonds. The smallest absolute Gasteiger partial charge is 0.340 e. The van der Waals surface area contributed by atoms with Crippen molar-refractivity contribution in [2.45, 2.75) is 0 Å². The molecule has 0 radical (unpaired) electrons. The van der Waals surface area contributed by atoms with Gasteiger partial charge in [-0.15, -0.1) is 0 Å². The van der Waals surface area contributed by atoms with Gasteiger partial charge in [0, 0.05) is 38.4 Å². The van der Waals surface area contributed by atoms with E-state index in [0.717, 1.165) is 19.2 Å². The van der Waals surface area contributed by atoms with E-state index in [-0.39, 0.29) is 24.3 Å². The van der Waals surface area contributed by atoms with E-state index >= 15 is 0 Å². The lowest BCUT2D eigenvalue weighted by molar-refractivity contribution is -0.393. The van der Waals surface area contributed by atoms with Crippen molar-refractivity contribution >= 4 is 52.1 Å². The molecular weight excluding hydrogens is 441 g/mol. The molecule has 0 saturated carbocycles. The lowest BCUT2D eigenvalue weighted by Crippen LogP contribution is -2.47. The van der Waals surface area contributed by atoms with Gasteiger partial charge in [0.15, 0.2) is 0 Å². The van der Waals surface area contributed by atoms with Crippen LogP contribution in [-0.4, -0.2) is 54.1 Å². The average Bonchev–Trinajstić information content (AvgIpc) is 2.72. The number of non-ortho nitro benzene ring substituents is 1. The van der Waals surface area contributed by atoms with Gasteiger partial charge in [0.05, 0.1) is 38.6 Å². The van der Waals surface area contributed by atoms with Crippen LogP contribution >= 0.6 is 23.2 Å². The molecule has 1 saturated heterocycles. The zero-order valence-electron chi connectivity index (χ0n) is 15.6. The predicted octanol–water partition coefficient (Wildman–Crippen LogP) is 3.32. The normalized spacial score (nSPS) is 13.8. The fourth-order valence-corrected chi connectivity index (χ4v) is 3.73. The Morgan fingerprint density at radius 2 is 1.70 bits per heavy atom. The van der Waals surface area contributed by atoms with Gasteiger partial charge in [-0.05, 0) is 6.07 Å². The molecule has 2 heterocycles. The molecule has 2 aromatic rings. The molecule has 30 heavy (non-hydrogen) atoms. The first-order chi connectivity index (χ1) is 14.2. The number of hydrogen-bond donors (Lipinski definition) is 0. The molecule has 11 nitrogen and oxygen atoms in total. The van der Waals surface area contributed by atoms with Crippen LogP contribution in [0.3, 0.4) is 0 Å². The Labute approximate surface area is 180 Å². The van der Waals surface area contributed by atoms with Gasteiger partial charge < -0.3 is 14.5 Å². The summed E-state index contributed by atoms with van der Waals surface area (Å²) in [6.45, 7) is 1.35. The highest BCUT2D eigenvalue weighted by molar-refractivity contribution is 6.36.